The minimum absolute atomic E-state index is 0.103. The van der Waals surface area contributed by atoms with Crippen LogP contribution in [0.4, 0.5) is 0 Å². The summed E-state index contributed by atoms with van der Waals surface area (Å²) in [4.78, 5) is 12.3. The van der Waals surface area contributed by atoms with Crippen molar-refractivity contribution in [2.45, 2.75) is 26.7 Å². The summed E-state index contributed by atoms with van der Waals surface area (Å²) < 4.78 is 11.2. The molecule has 0 heterocycles. The zero-order valence-electron chi connectivity index (χ0n) is 16.1. The van der Waals surface area contributed by atoms with E-state index in [0.29, 0.717) is 31.9 Å². The Morgan fingerprint density at radius 1 is 0.821 bits per heavy atom. The summed E-state index contributed by atoms with van der Waals surface area (Å²) in [7, 11) is 0. The van der Waals surface area contributed by atoms with Crippen LogP contribution in [0.15, 0.2) is 78.9 Å². The van der Waals surface area contributed by atoms with E-state index in [2.05, 4.69) is 11.4 Å². The maximum atomic E-state index is 12.3. The van der Waals surface area contributed by atoms with Gasteiger partial charge in [-0.2, -0.15) is 0 Å². The van der Waals surface area contributed by atoms with Crippen LogP contribution in [-0.4, -0.2) is 12.5 Å². The lowest BCUT2D eigenvalue weighted by Crippen LogP contribution is -2.22. The maximum absolute atomic E-state index is 12.3. The van der Waals surface area contributed by atoms with Crippen LogP contribution in [0, 0.1) is 0 Å². The summed E-state index contributed by atoms with van der Waals surface area (Å²) in [5, 5.41) is 2.96. The van der Waals surface area contributed by atoms with E-state index in [1.807, 2.05) is 67.6 Å². The summed E-state index contributed by atoms with van der Waals surface area (Å²) in [6.07, 6.45) is 0. The largest absolute Gasteiger partial charge is 0.494 e. The first kappa shape index (κ1) is 19.6. The second-order valence-corrected chi connectivity index (χ2v) is 6.44. The fourth-order valence-corrected chi connectivity index (χ4v) is 2.84. The van der Waals surface area contributed by atoms with Crippen molar-refractivity contribution in [3.05, 3.63) is 101 Å². The number of hydrogen-bond donors (Lipinski definition) is 1. The van der Waals surface area contributed by atoms with Crippen molar-refractivity contribution >= 4 is 5.91 Å². The van der Waals surface area contributed by atoms with E-state index in [1.54, 1.807) is 12.1 Å². The molecule has 28 heavy (non-hydrogen) atoms. The quantitative estimate of drug-likeness (QED) is 0.588. The molecule has 144 valence electrons. The van der Waals surface area contributed by atoms with E-state index in [4.69, 9.17) is 9.47 Å². The molecule has 1 amide bonds. The molecule has 3 rings (SSSR count). The van der Waals surface area contributed by atoms with Gasteiger partial charge in [0.2, 0.25) is 0 Å². The predicted molar refractivity (Wildman–Crippen MR) is 110 cm³/mol. The van der Waals surface area contributed by atoms with Gasteiger partial charge in [-0.1, -0.05) is 54.6 Å². The molecular formula is C24H25NO3. The average Bonchev–Trinajstić information content (AvgIpc) is 2.74. The lowest BCUT2D eigenvalue weighted by Gasteiger charge is -2.09. The van der Waals surface area contributed by atoms with Crippen molar-refractivity contribution in [2.24, 2.45) is 0 Å². The summed E-state index contributed by atoms with van der Waals surface area (Å²) in [5.74, 6) is 0.663. The first-order chi connectivity index (χ1) is 13.7. The lowest BCUT2D eigenvalue weighted by atomic mass is 10.1. The van der Waals surface area contributed by atoms with Gasteiger partial charge in [-0.3, -0.25) is 4.79 Å². The van der Waals surface area contributed by atoms with Crippen molar-refractivity contribution in [3.63, 3.8) is 0 Å². The Labute approximate surface area is 166 Å². The zero-order valence-corrected chi connectivity index (χ0v) is 16.1. The highest BCUT2D eigenvalue weighted by atomic mass is 16.5. The van der Waals surface area contributed by atoms with Crippen LogP contribution in [0.3, 0.4) is 0 Å². The Hall–Kier alpha value is -3.11. The monoisotopic (exact) mass is 375 g/mol. The number of nitrogens with one attached hydrogen (secondary N) is 1. The average molecular weight is 375 g/mol. The van der Waals surface area contributed by atoms with Gasteiger partial charge < -0.3 is 14.8 Å². The molecule has 3 aromatic carbocycles. The highest BCUT2D eigenvalue weighted by Crippen LogP contribution is 2.13. The maximum Gasteiger partial charge on any atom is 0.251 e. The molecule has 1 N–H and O–H groups in total. The third kappa shape index (κ3) is 5.96. The van der Waals surface area contributed by atoms with Crippen molar-refractivity contribution in [3.8, 4) is 5.75 Å². The Morgan fingerprint density at radius 2 is 1.50 bits per heavy atom. The van der Waals surface area contributed by atoms with Gasteiger partial charge in [0.25, 0.3) is 5.91 Å². The van der Waals surface area contributed by atoms with Crippen molar-refractivity contribution < 1.29 is 14.3 Å². The first-order valence-corrected chi connectivity index (χ1v) is 9.45. The summed E-state index contributed by atoms with van der Waals surface area (Å²) in [5.41, 5.74) is 3.90. The van der Waals surface area contributed by atoms with Crippen LogP contribution in [0.1, 0.15) is 34.0 Å². The molecule has 0 aliphatic rings. The molecule has 3 aromatic rings. The van der Waals surface area contributed by atoms with Crippen LogP contribution in [-0.2, 0) is 24.5 Å². The molecule has 0 fully saturated rings. The number of benzene rings is 3. The molecule has 0 aliphatic carbocycles. The van der Waals surface area contributed by atoms with Gasteiger partial charge in [0, 0.05) is 12.1 Å². The van der Waals surface area contributed by atoms with E-state index in [0.717, 1.165) is 22.4 Å². The smallest absolute Gasteiger partial charge is 0.251 e. The minimum Gasteiger partial charge on any atom is -0.494 e. The van der Waals surface area contributed by atoms with Gasteiger partial charge in [-0.05, 0) is 47.9 Å². The van der Waals surface area contributed by atoms with Gasteiger partial charge >= 0.3 is 0 Å². The molecule has 0 saturated heterocycles. The van der Waals surface area contributed by atoms with Crippen molar-refractivity contribution in [2.75, 3.05) is 6.61 Å². The highest BCUT2D eigenvalue weighted by Gasteiger charge is 2.06. The molecule has 0 aromatic heterocycles. The summed E-state index contributed by atoms with van der Waals surface area (Å²) in [6, 6.07) is 25.3. The van der Waals surface area contributed by atoms with Crippen molar-refractivity contribution in [1.82, 2.24) is 5.32 Å². The van der Waals surface area contributed by atoms with Crippen LogP contribution in [0.5, 0.6) is 5.75 Å². The molecule has 4 nitrogen and oxygen atoms in total. The Kier molecular flexibility index (Phi) is 7.21. The van der Waals surface area contributed by atoms with E-state index in [9.17, 15) is 4.79 Å². The number of carbonyl (C=O) groups is 1. The van der Waals surface area contributed by atoms with Gasteiger partial charge in [-0.25, -0.2) is 0 Å². The zero-order chi connectivity index (χ0) is 19.6. The van der Waals surface area contributed by atoms with Crippen LogP contribution in [0.2, 0.25) is 0 Å². The molecule has 0 saturated carbocycles. The minimum atomic E-state index is -0.103. The molecule has 0 aliphatic heterocycles. The van der Waals surface area contributed by atoms with Crippen LogP contribution in [0.25, 0.3) is 0 Å². The number of carbonyl (C=O) groups excluding carboxylic acids is 1. The van der Waals surface area contributed by atoms with E-state index in [1.165, 1.54) is 0 Å². The Balaban J connectivity index is 1.49. The lowest BCUT2D eigenvalue weighted by molar-refractivity contribution is 0.0950. The van der Waals surface area contributed by atoms with Crippen molar-refractivity contribution in [1.29, 1.82) is 0 Å². The Bertz CT molecular complexity index is 876. The third-order valence-corrected chi connectivity index (χ3v) is 4.25. The van der Waals surface area contributed by atoms with Gasteiger partial charge in [0.05, 0.1) is 19.8 Å². The fraction of sp³-hybridized carbons (Fsp3) is 0.208. The number of hydrogen-bond acceptors (Lipinski definition) is 3. The topological polar surface area (TPSA) is 47.6 Å². The van der Waals surface area contributed by atoms with Crippen LogP contribution >= 0.6 is 0 Å². The molecular weight excluding hydrogens is 350 g/mol. The summed E-state index contributed by atoms with van der Waals surface area (Å²) >= 11 is 0. The molecule has 0 spiro atoms. The van der Waals surface area contributed by atoms with E-state index in [-0.39, 0.29) is 5.91 Å². The third-order valence-electron chi connectivity index (χ3n) is 4.25. The van der Waals surface area contributed by atoms with Gasteiger partial charge in [0.15, 0.2) is 0 Å². The predicted octanol–water partition coefficient (Wildman–Crippen LogP) is 4.73. The normalized spacial score (nSPS) is 10.5. The van der Waals surface area contributed by atoms with Gasteiger partial charge in [-0.15, -0.1) is 0 Å². The number of ether oxygens (including phenoxy) is 2. The SMILES string of the molecule is CCOc1ccc(C(=O)NCc2cccc(COCc3ccccc3)c2)cc1. The second-order valence-electron chi connectivity index (χ2n) is 6.44. The fourth-order valence-electron chi connectivity index (χ4n) is 2.84. The molecule has 4 heteroatoms. The molecule has 0 radical (unpaired) electrons. The van der Waals surface area contributed by atoms with E-state index >= 15 is 0 Å². The molecule has 0 bridgehead atoms. The van der Waals surface area contributed by atoms with Crippen LogP contribution < -0.4 is 10.1 Å². The number of amides is 1. The number of rotatable bonds is 9. The summed E-state index contributed by atoms with van der Waals surface area (Å²) in [6.45, 7) is 4.13. The molecule has 0 atom stereocenters. The Morgan fingerprint density at radius 3 is 2.25 bits per heavy atom. The van der Waals surface area contributed by atoms with E-state index < -0.39 is 0 Å². The standard InChI is InChI=1S/C24H25NO3/c1-2-28-23-13-11-22(12-14-23)24(26)25-16-20-9-6-10-21(15-20)18-27-17-19-7-4-3-5-8-19/h3-15H,2,16-18H2,1H3,(H,25,26). The first-order valence-electron chi connectivity index (χ1n) is 9.45. The highest BCUT2D eigenvalue weighted by molar-refractivity contribution is 5.94. The molecule has 0 unspecified atom stereocenters. The second kappa shape index (κ2) is 10.3. The van der Waals surface area contributed by atoms with Gasteiger partial charge in [0.1, 0.15) is 5.75 Å².